The fraction of sp³-hybridized carbons (Fsp3) is 0.643. The molecular formula is C14H20ClNO3S2. The Bertz CT molecular complexity index is 639. The molecular weight excluding hydrogens is 330 g/mol. The smallest absolute Gasteiger partial charge is 0.262 e. The number of nitrogens with one attached hydrogen (secondary N) is 1. The highest BCUT2D eigenvalue weighted by atomic mass is 35.7. The molecule has 1 N–H and O–H groups in total. The van der Waals surface area contributed by atoms with Gasteiger partial charge in [0.05, 0.1) is 9.77 Å². The first-order valence-corrected chi connectivity index (χ1v) is 10.1. The molecule has 0 radical (unpaired) electrons. The summed E-state index contributed by atoms with van der Waals surface area (Å²) < 4.78 is 22.8. The summed E-state index contributed by atoms with van der Waals surface area (Å²) in [6.45, 7) is 6.14. The van der Waals surface area contributed by atoms with Gasteiger partial charge in [-0.05, 0) is 44.1 Å². The van der Waals surface area contributed by atoms with Crippen LogP contribution in [0.3, 0.4) is 0 Å². The topological polar surface area (TPSA) is 63.2 Å². The first-order valence-electron chi connectivity index (χ1n) is 6.94. The monoisotopic (exact) mass is 349 g/mol. The first kappa shape index (κ1) is 16.8. The highest BCUT2D eigenvalue weighted by Gasteiger charge is 2.28. The zero-order chi connectivity index (χ0) is 15.8. The van der Waals surface area contributed by atoms with Crippen LogP contribution in [0.2, 0.25) is 0 Å². The van der Waals surface area contributed by atoms with Crippen molar-refractivity contribution in [2.45, 2.75) is 57.4 Å². The van der Waals surface area contributed by atoms with Crippen LogP contribution in [0, 0.1) is 12.3 Å². The summed E-state index contributed by atoms with van der Waals surface area (Å²) >= 11 is 1.16. The van der Waals surface area contributed by atoms with E-state index in [1.807, 2.05) is 0 Å². The highest BCUT2D eigenvalue weighted by molar-refractivity contribution is 8.13. The molecule has 0 unspecified atom stereocenters. The molecule has 0 aliphatic heterocycles. The molecule has 0 saturated heterocycles. The van der Waals surface area contributed by atoms with Crippen LogP contribution < -0.4 is 5.32 Å². The highest BCUT2D eigenvalue weighted by Crippen LogP contribution is 2.35. The minimum atomic E-state index is -3.79. The van der Waals surface area contributed by atoms with Crippen LogP contribution in [-0.2, 0) is 9.05 Å². The third-order valence-corrected chi connectivity index (χ3v) is 6.66. The van der Waals surface area contributed by atoms with Crippen LogP contribution in [0.15, 0.2) is 11.0 Å². The zero-order valence-electron chi connectivity index (χ0n) is 12.4. The van der Waals surface area contributed by atoms with Gasteiger partial charge in [0.15, 0.2) is 0 Å². The van der Waals surface area contributed by atoms with E-state index in [9.17, 15) is 13.2 Å². The Balaban J connectivity index is 2.05. The van der Waals surface area contributed by atoms with Crippen LogP contribution in [0.1, 0.15) is 54.1 Å². The van der Waals surface area contributed by atoms with E-state index in [4.69, 9.17) is 10.7 Å². The van der Waals surface area contributed by atoms with Gasteiger partial charge >= 0.3 is 0 Å². The molecule has 0 atom stereocenters. The molecule has 0 spiro atoms. The van der Waals surface area contributed by atoms with Crippen LogP contribution in [0.5, 0.6) is 0 Å². The molecule has 21 heavy (non-hydrogen) atoms. The van der Waals surface area contributed by atoms with Crippen LogP contribution >= 0.6 is 22.0 Å². The van der Waals surface area contributed by atoms with E-state index in [-0.39, 0.29) is 16.8 Å². The van der Waals surface area contributed by atoms with Crippen molar-refractivity contribution >= 4 is 37.0 Å². The van der Waals surface area contributed by atoms with Crippen molar-refractivity contribution in [2.24, 2.45) is 5.41 Å². The van der Waals surface area contributed by atoms with Gasteiger partial charge in [-0.2, -0.15) is 0 Å². The van der Waals surface area contributed by atoms with Gasteiger partial charge in [0.1, 0.15) is 0 Å². The van der Waals surface area contributed by atoms with Crippen molar-refractivity contribution in [3.63, 3.8) is 0 Å². The lowest BCUT2D eigenvalue weighted by atomic mass is 9.75. The van der Waals surface area contributed by atoms with Gasteiger partial charge in [-0.3, -0.25) is 4.79 Å². The Labute approximate surface area is 134 Å². The number of rotatable bonds is 3. The van der Waals surface area contributed by atoms with Crippen molar-refractivity contribution < 1.29 is 13.2 Å². The maximum Gasteiger partial charge on any atom is 0.262 e. The summed E-state index contributed by atoms with van der Waals surface area (Å²) in [7, 11) is 1.56. The molecule has 1 aromatic heterocycles. The second-order valence-electron chi connectivity index (χ2n) is 6.38. The predicted molar refractivity (Wildman–Crippen MR) is 85.6 cm³/mol. The van der Waals surface area contributed by atoms with Gasteiger partial charge in [0, 0.05) is 21.6 Å². The lowest BCUT2D eigenvalue weighted by molar-refractivity contribution is 0.0913. The van der Waals surface area contributed by atoms with E-state index in [2.05, 4.69) is 19.2 Å². The normalized spacial score (nSPS) is 19.4. The molecule has 7 heteroatoms. The van der Waals surface area contributed by atoms with E-state index < -0.39 is 9.05 Å². The van der Waals surface area contributed by atoms with Gasteiger partial charge in [0.2, 0.25) is 0 Å². The Hall–Kier alpha value is -0.590. The third-order valence-electron chi connectivity index (χ3n) is 4.03. The average molecular weight is 350 g/mol. The molecule has 2 rings (SSSR count). The molecule has 0 aromatic carbocycles. The van der Waals surface area contributed by atoms with Crippen molar-refractivity contribution in [2.75, 3.05) is 0 Å². The van der Waals surface area contributed by atoms with Crippen LogP contribution in [0.4, 0.5) is 0 Å². The van der Waals surface area contributed by atoms with E-state index in [1.165, 1.54) is 6.07 Å². The molecule has 1 saturated carbocycles. The fourth-order valence-corrected chi connectivity index (χ4v) is 5.19. The predicted octanol–water partition coefficient (Wildman–Crippen LogP) is 3.68. The number of thiophene rings is 1. The summed E-state index contributed by atoms with van der Waals surface area (Å²) in [5.41, 5.74) is 0.348. The maximum atomic E-state index is 12.2. The van der Waals surface area contributed by atoms with E-state index in [0.29, 0.717) is 15.2 Å². The minimum absolute atomic E-state index is 0.0316. The summed E-state index contributed by atoms with van der Waals surface area (Å²) in [5, 5.41) is 3.00. The molecule has 1 aliphatic carbocycles. The summed E-state index contributed by atoms with van der Waals surface area (Å²) in [6.07, 6.45) is 4.10. The standard InChI is InChI=1S/C14H20ClNO3S2/c1-9-12(21(15,18)19)8-11(20-9)13(17)16-10-4-6-14(2,3)7-5-10/h8,10H,4-7H2,1-3H3,(H,16,17). The molecule has 118 valence electrons. The van der Waals surface area contributed by atoms with E-state index in [0.717, 1.165) is 37.0 Å². The Morgan fingerprint density at radius 3 is 2.43 bits per heavy atom. The summed E-state index contributed by atoms with van der Waals surface area (Å²) in [5.74, 6) is -0.209. The largest absolute Gasteiger partial charge is 0.349 e. The van der Waals surface area contributed by atoms with Crippen molar-refractivity contribution in [3.8, 4) is 0 Å². The van der Waals surface area contributed by atoms with Crippen molar-refractivity contribution in [3.05, 3.63) is 15.8 Å². The lowest BCUT2D eigenvalue weighted by Crippen LogP contribution is -2.38. The average Bonchev–Trinajstić information content (AvgIpc) is 2.74. The second-order valence-corrected chi connectivity index (χ2v) is 10.2. The Kier molecular flexibility index (Phi) is 4.71. The van der Waals surface area contributed by atoms with Gasteiger partial charge in [-0.15, -0.1) is 11.3 Å². The number of carbonyl (C=O) groups excluding carboxylic acids is 1. The number of hydrogen-bond acceptors (Lipinski definition) is 4. The second kappa shape index (κ2) is 5.89. The number of aryl methyl sites for hydroxylation is 1. The minimum Gasteiger partial charge on any atom is -0.349 e. The number of carbonyl (C=O) groups is 1. The zero-order valence-corrected chi connectivity index (χ0v) is 14.8. The van der Waals surface area contributed by atoms with Gasteiger partial charge < -0.3 is 5.32 Å². The molecule has 1 fully saturated rings. The maximum absolute atomic E-state index is 12.2. The lowest BCUT2D eigenvalue weighted by Gasteiger charge is -2.34. The first-order chi connectivity index (χ1) is 9.58. The Morgan fingerprint density at radius 2 is 1.95 bits per heavy atom. The van der Waals surface area contributed by atoms with Gasteiger partial charge in [0.25, 0.3) is 15.0 Å². The number of amides is 1. The van der Waals surface area contributed by atoms with E-state index >= 15 is 0 Å². The van der Waals surface area contributed by atoms with Gasteiger partial charge in [-0.1, -0.05) is 13.8 Å². The van der Waals surface area contributed by atoms with Crippen molar-refractivity contribution in [1.29, 1.82) is 0 Å². The molecule has 1 aliphatic rings. The van der Waals surface area contributed by atoms with Gasteiger partial charge in [-0.25, -0.2) is 8.42 Å². The molecule has 1 amide bonds. The van der Waals surface area contributed by atoms with Crippen molar-refractivity contribution in [1.82, 2.24) is 5.32 Å². The molecule has 1 heterocycles. The molecule has 4 nitrogen and oxygen atoms in total. The molecule has 1 aromatic rings. The third kappa shape index (κ3) is 4.20. The SMILES string of the molecule is Cc1sc(C(=O)NC2CCC(C)(C)CC2)cc1S(=O)(=O)Cl. The fourth-order valence-electron chi connectivity index (χ4n) is 2.62. The number of hydrogen-bond donors (Lipinski definition) is 1. The summed E-state index contributed by atoms with van der Waals surface area (Å²) in [4.78, 5) is 13.2. The van der Waals surface area contributed by atoms with Crippen LogP contribution in [0.25, 0.3) is 0 Å². The summed E-state index contributed by atoms with van der Waals surface area (Å²) in [6, 6.07) is 1.54. The van der Waals surface area contributed by atoms with Crippen LogP contribution in [-0.4, -0.2) is 20.4 Å². The molecule has 0 bridgehead atoms. The van der Waals surface area contributed by atoms with E-state index in [1.54, 1.807) is 6.92 Å². The Morgan fingerprint density at radius 1 is 1.38 bits per heavy atom. The number of halogens is 1. The quantitative estimate of drug-likeness (QED) is 0.846.